The van der Waals surface area contributed by atoms with Gasteiger partial charge in [-0.25, -0.2) is 0 Å². The summed E-state index contributed by atoms with van der Waals surface area (Å²) in [6, 6.07) is 9.37. The molecular formula is C18H21N5O2. The molecule has 0 saturated carbocycles. The van der Waals surface area contributed by atoms with Gasteiger partial charge < -0.3 is 9.42 Å². The van der Waals surface area contributed by atoms with E-state index < -0.39 is 0 Å². The van der Waals surface area contributed by atoms with Crippen molar-refractivity contribution in [1.29, 1.82) is 5.26 Å². The van der Waals surface area contributed by atoms with Crippen LogP contribution in [-0.4, -0.2) is 58.1 Å². The summed E-state index contributed by atoms with van der Waals surface area (Å²) in [5.41, 5.74) is 1.22. The molecule has 7 nitrogen and oxygen atoms in total. The number of hydrogen-bond acceptors (Lipinski definition) is 6. The first-order valence-corrected chi connectivity index (χ1v) is 8.41. The third kappa shape index (κ3) is 3.69. The standard InChI is InChI=1S/C18H21N5O2/c1-13(2)16(12-19)22-7-9-23(10-8-22)18(24)17-11-15(21-25-17)14-5-3-4-6-20-14/h3-6,11,13,16H,7-10H2,1-2H3/t16-/m1/s1. The molecule has 25 heavy (non-hydrogen) atoms. The molecule has 7 heteroatoms. The molecule has 0 spiro atoms. The maximum absolute atomic E-state index is 12.6. The summed E-state index contributed by atoms with van der Waals surface area (Å²) in [7, 11) is 0. The molecule has 0 radical (unpaired) electrons. The lowest BCUT2D eigenvalue weighted by Crippen LogP contribution is -2.52. The summed E-state index contributed by atoms with van der Waals surface area (Å²) in [5.74, 6) is 0.310. The van der Waals surface area contributed by atoms with Gasteiger partial charge in [0.05, 0.1) is 11.8 Å². The van der Waals surface area contributed by atoms with E-state index in [1.54, 1.807) is 17.2 Å². The lowest BCUT2D eigenvalue weighted by Gasteiger charge is -2.37. The number of carbonyl (C=O) groups excluding carboxylic acids is 1. The Morgan fingerprint density at radius 3 is 2.60 bits per heavy atom. The van der Waals surface area contributed by atoms with Crippen molar-refractivity contribution in [2.24, 2.45) is 5.92 Å². The molecule has 3 heterocycles. The van der Waals surface area contributed by atoms with Crippen molar-refractivity contribution >= 4 is 5.91 Å². The van der Waals surface area contributed by atoms with Crippen LogP contribution in [0.2, 0.25) is 0 Å². The van der Waals surface area contributed by atoms with Crippen molar-refractivity contribution in [2.75, 3.05) is 26.2 Å². The van der Waals surface area contributed by atoms with Crippen molar-refractivity contribution in [3.8, 4) is 17.5 Å². The SMILES string of the molecule is CC(C)[C@@H](C#N)N1CCN(C(=O)c2cc(-c3ccccn3)no2)CC1. The Morgan fingerprint density at radius 2 is 2.00 bits per heavy atom. The van der Waals surface area contributed by atoms with Crippen LogP contribution in [0.15, 0.2) is 35.0 Å². The highest BCUT2D eigenvalue weighted by Gasteiger charge is 2.29. The van der Waals surface area contributed by atoms with Gasteiger partial charge in [0.15, 0.2) is 0 Å². The number of pyridine rings is 1. The van der Waals surface area contributed by atoms with Crippen LogP contribution in [0.3, 0.4) is 0 Å². The predicted molar refractivity (Wildman–Crippen MR) is 91.4 cm³/mol. The molecule has 1 aliphatic heterocycles. The lowest BCUT2D eigenvalue weighted by atomic mass is 10.0. The topological polar surface area (TPSA) is 86.3 Å². The third-order valence-corrected chi connectivity index (χ3v) is 4.41. The van der Waals surface area contributed by atoms with Crippen LogP contribution in [0.25, 0.3) is 11.4 Å². The van der Waals surface area contributed by atoms with Gasteiger partial charge in [0.25, 0.3) is 5.91 Å². The number of nitrogens with zero attached hydrogens (tertiary/aromatic N) is 5. The number of piperazine rings is 1. The molecule has 1 amide bonds. The van der Waals surface area contributed by atoms with Crippen LogP contribution in [-0.2, 0) is 0 Å². The minimum atomic E-state index is -0.174. The minimum Gasteiger partial charge on any atom is -0.350 e. The Hall–Kier alpha value is -2.72. The van der Waals surface area contributed by atoms with Gasteiger partial charge in [0.2, 0.25) is 5.76 Å². The molecule has 0 unspecified atom stereocenters. The van der Waals surface area contributed by atoms with Crippen LogP contribution in [0.4, 0.5) is 0 Å². The van der Waals surface area contributed by atoms with Gasteiger partial charge in [-0.2, -0.15) is 5.26 Å². The molecule has 2 aromatic rings. The molecule has 3 rings (SSSR count). The van der Waals surface area contributed by atoms with Crippen LogP contribution < -0.4 is 0 Å². The molecule has 0 aliphatic carbocycles. The number of aromatic nitrogens is 2. The van der Waals surface area contributed by atoms with E-state index >= 15 is 0 Å². The first kappa shape index (κ1) is 17.1. The molecule has 0 N–H and O–H groups in total. The molecule has 0 aromatic carbocycles. The summed E-state index contributed by atoms with van der Waals surface area (Å²) in [5, 5.41) is 13.3. The zero-order valence-corrected chi connectivity index (χ0v) is 14.4. The first-order chi connectivity index (χ1) is 12.1. The Bertz CT molecular complexity index is 757. The van der Waals surface area contributed by atoms with E-state index in [9.17, 15) is 10.1 Å². The average Bonchev–Trinajstić information content (AvgIpc) is 3.13. The smallest absolute Gasteiger partial charge is 0.292 e. The van der Waals surface area contributed by atoms with Gasteiger partial charge in [-0.3, -0.25) is 14.7 Å². The lowest BCUT2D eigenvalue weighted by molar-refractivity contribution is 0.0540. The van der Waals surface area contributed by atoms with Crippen molar-refractivity contribution in [3.63, 3.8) is 0 Å². The van der Waals surface area contributed by atoms with Crippen molar-refractivity contribution in [2.45, 2.75) is 19.9 Å². The Balaban J connectivity index is 1.64. The van der Waals surface area contributed by atoms with Gasteiger partial charge >= 0.3 is 0 Å². The fraction of sp³-hybridized carbons (Fsp3) is 0.444. The quantitative estimate of drug-likeness (QED) is 0.847. The minimum absolute atomic E-state index is 0.113. The molecule has 1 aliphatic rings. The highest BCUT2D eigenvalue weighted by atomic mass is 16.5. The van der Waals surface area contributed by atoms with Gasteiger partial charge in [-0.1, -0.05) is 25.1 Å². The monoisotopic (exact) mass is 339 g/mol. The maximum atomic E-state index is 12.6. The van der Waals surface area contributed by atoms with E-state index in [4.69, 9.17) is 4.52 Å². The van der Waals surface area contributed by atoms with Gasteiger partial charge in [0.1, 0.15) is 11.7 Å². The molecule has 2 aromatic heterocycles. The van der Waals surface area contributed by atoms with E-state index in [-0.39, 0.29) is 23.6 Å². The predicted octanol–water partition coefficient (Wildman–Crippen LogP) is 2.04. The second kappa shape index (κ2) is 7.45. The normalized spacial score (nSPS) is 16.6. The van der Waals surface area contributed by atoms with E-state index in [2.05, 4.69) is 21.1 Å². The Labute approximate surface area is 146 Å². The molecular weight excluding hydrogens is 318 g/mol. The molecule has 0 bridgehead atoms. The average molecular weight is 339 g/mol. The summed E-state index contributed by atoms with van der Waals surface area (Å²) >= 11 is 0. The zero-order valence-electron chi connectivity index (χ0n) is 14.4. The summed E-state index contributed by atoms with van der Waals surface area (Å²) in [4.78, 5) is 20.7. The maximum Gasteiger partial charge on any atom is 0.292 e. The Kier molecular flexibility index (Phi) is 5.10. The molecule has 1 fully saturated rings. The van der Waals surface area contributed by atoms with E-state index in [0.29, 0.717) is 37.6 Å². The molecule has 1 saturated heterocycles. The van der Waals surface area contributed by atoms with Gasteiger partial charge in [-0.05, 0) is 18.1 Å². The van der Waals surface area contributed by atoms with E-state index in [1.807, 2.05) is 32.0 Å². The highest BCUT2D eigenvalue weighted by Crippen LogP contribution is 2.19. The number of carbonyl (C=O) groups is 1. The highest BCUT2D eigenvalue weighted by molar-refractivity contribution is 5.92. The van der Waals surface area contributed by atoms with Gasteiger partial charge in [0, 0.05) is 38.4 Å². The van der Waals surface area contributed by atoms with Crippen molar-refractivity contribution < 1.29 is 9.32 Å². The molecule has 1 atom stereocenters. The fourth-order valence-corrected chi connectivity index (χ4v) is 3.02. The number of hydrogen-bond donors (Lipinski definition) is 0. The summed E-state index contributed by atoms with van der Waals surface area (Å²) in [6.45, 7) is 6.59. The summed E-state index contributed by atoms with van der Waals surface area (Å²) in [6.07, 6.45) is 1.67. The zero-order chi connectivity index (χ0) is 17.8. The van der Waals surface area contributed by atoms with Crippen LogP contribution in [0.5, 0.6) is 0 Å². The second-order valence-electron chi connectivity index (χ2n) is 6.44. The van der Waals surface area contributed by atoms with Crippen molar-refractivity contribution in [3.05, 3.63) is 36.2 Å². The third-order valence-electron chi connectivity index (χ3n) is 4.41. The van der Waals surface area contributed by atoms with Crippen LogP contribution in [0.1, 0.15) is 24.4 Å². The largest absolute Gasteiger partial charge is 0.350 e. The van der Waals surface area contributed by atoms with E-state index in [0.717, 1.165) is 0 Å². The Morgan fingerprint density at radius 1 is 1.24 bits per heavy atom. The van der Waals surface area contributed by atoms with Gasteiger partial charge in [-0.15, -0.1) is 0 Å². The first-order valence-electron chi connectivity index (χ1n) is 8.41. The van der Waals surface area contributed by atoms with Crippen molar-refractivity contribution in [1.82, 2.24) is 19.9 Å². The number of nitriles is 1. The summed E-state index contributed by atoms with van der Waals surface area (Å²) < 4.78 is 5.22. The van der Waals surface area contributed by atoms with E-state index in [1.165, 1.54) is 0 Å². The second-order valence-corrected chi connectivity index (χ2v) is 6.44. The fourth-order valence-electron chi connectivity index (χ4n) is 3.02. The molecule has 130 valence electrons. The number of rotatable bonds is 4. The van der Waals surface area contributed by atoms with Crippen LogP contribution in [0, 0.1) is 17.2 Å². The number of amides is 1. The van der Waals surface area contributed by atoms with Crippen LogP contribution >= 0.6 is 0 Å².